The average Bonchev–Trinajstić information content (AvgIpc) is 2.61. The van der Waals surface area contributed by atoms with Crippen molar-refractivity contribution in [1.29, 1.82) is 0 Å². The number of ether oxygens (including phenoxy) is 1. The molecule has 0 radical (unpaired) electrons. The first-order valence-corrected chi connectivity index (χ1v) is 6.21. The molecular formula is C14H19NO3. The highest BCUT2D eigenvalue weighted by molar-refractivity contribution is 6.22. The van der Waals surface area contributed by atoms with Crippen molar-refractivity contribution >= 4 is 11.6 Å². The van der Waals surface area contributed by atoms with Crippen molar-refractivity contribution in [2.24, 2.45) is 5.41 Å². The summed E-state index contributed by atoms with van der Waals surface area (Å²) in [6.45, 7) is 5.39. The van der Waals surface area contributed by atoms with Gasteiger partial charge < -0.3 is 9.64 Å². The van der Waals surface area contributed by atoms with E-state index in [0.29, 0.717) is 30.9 Å². The molecule has 0 atom stereocenters. The van der Waals surface area contributed by atoms with Crippen LogP contribution >= 0.6 is 0 Å². The molecule has 0 bridgehead atoms. The summed E-state index contributed by atoms with van der Waals surface area (Å²) < 4.78 is 5.39. The average molecular weight is 249 g/mol. The lowest BCUT2D eigenvalue weighted by molar-refractivity contribution is -0.127. The number of ketones is 2. The number of likely N-dealkylation sites (N-methyl/N-ethyl adjacent to an activating group) is 1. The molecule has 4 heteroatoms. The van der Waals surface area contributed by atoms with Gasteiger partial charge in [0.25, 0.3) is 0 Å². The monoisotopic (exact) mass is 249 g/mol. The van der Waals surface area contributed by atoms with Gasteiger partial charge in [0.05, 0.1) is 12.1 Å². The minimum atomic E-state index is -0.209. The Labute approximate surface area is 107 Å². The summed E-state index contributed by atoms with van der Waals surface area (Å²) >= 11 is 0. The van der Waals surface area contributed by atoms with Crippen LogP contribution in [-0.2, 0) is 14.3 Å². The molecule has 0 spiro atoms. The second-order valence-electron chi connectivity index (χ2n) is 5.72. The topological polar surface area (TPSA) is 46.6 Å². The standard InChI is InChI=1S/C14H19NO3/c1-14(2)8-11(16)10(12(17)9-14)4-5-13-15(3)6-7-18-13/h4-5H,6-9H2,1-3H3/b13-5-. The zero-order valence-electron chi connectivity index (χ0n) is 11.2. The molecule has 2 fully saturated rings. The molecule has 0 aromatic rings. The van der Waals surface area contributed by atoms with Crippen LogP contribution in [0, 0.1) is 5.41 Å². The number of hydrogen-bond donors (Lipinski definition) is 0. The van der Waals surface area contributed by atoms with Crippen LogP contribution in [0.2, 0.25) is 0 Å². The van der Waals surface area contributed by atoms with Gasteiger partial charge in [-0.15, -0.1) is 0 Å². The van der Waals surface area contributed by atoms with Crippen LogP contribution in [-0.4, -0.2) is 36.7 Å². The van der Waals surface area contributed by atoms with E-state index in [9.17, 15) is 9.59 Å². The van der Waals surface area contributed by atoms with Gasteiger partial charge in [-0.1, -0.05) is 13.8 Å². The van der Waals surface area contributed by atoms with Crippen LogP contribution in [0.3, 0.4) is 0 Å². The Kier molecular flexibility index (Phi) is 3.28. The summed E-state index contributed by atoms with van der Waals surface area (Å²) in [4.78, 5) is 25.8. The maximum absolute atomic E-state index is 11.9. The number of carbonyl (C=O) groups excluding carboxylic acids is 2. The summed E-state index contributed by atoms with van der Waals surface area (Å²) in [6, 6.07) is 0. The van der Waals surface area contributed by atoms with Crippen molar-refractivity contribution < 1.29 is 14.3 Å². The second kappa shape index (κ2) is 4.59. The maximum Gasteiger partial charge on any atom is 0.189 e. The quantitative estimate of drug-likeness (QED) is 0.524. The van der Waals surface area contributed by atoms with Gasteiger partial charge in [0.2, 0.25) is 0 Å². The minimum Gasteiger partial charge on any atom is -0.477 e. The van der Waals surface area contributed by atoms with E-state index in [1.165, 1.54) is 0 Å². The Bertz CT molecular complexity index is 424. The van der Waals surface area contributed by atoms with E-state index in [1.54, 1.807) is 12.2 Å². The molecule has 0 aromatic carbocycles. The molecule has 0 unspecified atom stereocenters. The van der Waals surface area contributed by atoms with Crippen LogP contribution in [0.4, 0.5) is 0 Å². The van der Waals surface area contributed by atoms with Crippen molar-refractivity contribution in [3.05, 3.63) is 23.6 Å². The summed E-state index contributed by atoms with van der Waals surface area (Å²) in [7, 11) is 1.92. The maximum atomic E-state index is 11.9. The molecule has 1 heterocycles. The number of hydrogen-bond acceptors (Lipinski definition) is 4. The van der Waals surface area contributed by atoms with Crippen LogP contribution < -0.4 is 0 Å². The van der Waals surface area contributed by atoms with E-state index < -0.39 is 0 Å². The largest absolute Gasteiger partial charge is 0.477 e. The first-order chi connectivity index (χ1) is 8.39. The van der Waals surface area contributed by atoms with Gasteiger partial charge in [-0.25, -0.2) is 0 Å². The molecule has 0 N–H and O–H groups in total. The van der Waals surface area contributed by atoms with Crippen molar-refractivity contribution in [3.8, 4) is 0 Å². The van der Waals surface area contributed by atoms with Crippen molar-refractivity contribution in [1.82, 2.24) is 4.90 Å². The summed E-state index contributed by atoms with van der Waals surface area (Å²) in [5, 5.41) is 0. The fourth-order valence-electron chi connectivity index (χ4n) is 2.30. The lowest BCUT2D eigenvalue weighted by Gasteiger charge is -2.28. The lowest BCUT2D eigenvalue weighted by Crippen LogP contribution is -2.31. The van der Waals surface area contributed by atoms with Crippen molar-refractivity contribution in [2.45, 2.75) is 26.7 Å². The minimum absolute atomic E-state index is 0.0613. The third kappa shape index (κ3) is 2.63. The molecule has 1 saturated carbocycles. The number of allylic oxidation sites excluding steroid dienone is 3. The van der Waals surface area contributed by atoms with Gasteiger partial charge in [0.15, 0.2) is 17.4 Å². The van der Waals surface area contributed by atoms with E-state index in [0.717, 1.165) is 6.54 Å². The predicted molar refractivity (Wildman–Crippen MR) is 67.8 cm³/mol. The van der Waals surface area contributed by atoms with E-state index in [4.69, 9.17) is 4.74 Å². The van der Waals surface area contributed by atoms with Crippen molar-refractivity contribution in [2.75, 3.05) is 20.2 Å². The van der Waals surface area contributed by atoms with E-state index >= 15 is 0 Å². The van der Waals surface area contributed by atoms with E-state index in [2.05, 4.69) is 0 Å². The van der Waals surface area contributed by atoms with Crippen LogP contribution in [0.25, 0.3) is 0 Å². The highest BCUT2D eigenvalue weighted by Crippen LogP contribution is 2.33. The molecule has 0 aromatic heterocycles. The summed E-state index contributed by atoms with van der Waals surface area (Å²) in [5.41, 5.74) is 0.102. The van der Waals surface area contributed by atoms with Crippen LogP contribution in [0.1, 0.15) is 26.7 Å². The second-order valence-corrected chi connectivity index (χ2v) is 5.72. The SMILES string of the molecule is CN1CCO/C1=C\C=C1C(=O)CC(C)(C)CC1=O. The highest BCUT2D eigenvalue weighted by Gasteiger charge is 2.35. The van der Waals surface area contributed by atoms with Gasteiger partial charge in [0, 0.05) is 19.9 Å². The summed E-state index contributed by atoms with van der Waals surface area (Å²) in [6.07, 6.45) is 4.20. The number of Topliss-reactive ketones (excluding diaryl/α,β-unsaturated/α-hetero) is 2. The van der Waals surface area contributed by atoms with E-state index in [-0.39, 0.29) is 17.0 Å². The Balaban J connectivity index is 2.18. The molecule has 1 aliphatic carbocycles. The number of rotatable bonds is 1. The molecule has 2 aliphatic rings. The van der Waals surface area contributed by atoms with Crippen LogP contribution in [0.5, 0.6) is 0 Å². The zero-order valence-corrected chi connectivity index (χ0v) is 11.2. The molecular weight excluding hydrogens is 230 g/mol. The smallest absolute Gasteiger partial charge is 0.189 e. The van der Waals surface area contributed by atoms with Gasteiger partial charge >= 0.3 is 0 Å². The number of nitrogens with zero attached hydrogens (tertiary/aromatic N) is 1. The third-order valence-corrected chi connectivity index (χ3v) is 3.32. The highest BCUT2D eigenvalue weighted by atomic mass is 16.5. The fourth-order valence-corrected chi connectivity index (χ4v) is 2.30. The zero-order chi connectivity index (χ0) is 13.3. The molecule has 18 heavy (non-hydrogen) atoms. The van der Waals surface area contributed by atoms with Crippen LogP contribution in [0.15, 0.2) is 23.6 Å². The van der Waals surface area contributed by atoms with Gasteiger partial charge in [0.1, 0.15) is 6.61 Å². The molecule has 1 aliphatic heterocycles. The molecule has 4 nitrogen and oxygen atoms in total. The van der Waals surface area contributed by atoms with Gasteiger partial charge in [-0.05, 0) is 17.6 Å². The summed E-state index contributed by atoms with van der Waals surface area (Å²) in [5.74, 6) is 0.593. The van der Waals surface area contributed by atoms with Gasteiger partial charge in [-0.3, -0.25) is 9.59 Å². The van der Waals surface area contributed by atoms with E-state index in [1.807, 2.05) is 25.8 Å². The Morgan fingerprint density at radius 3 is 2.28 bits per heavy atom. The molecule has 2 rings (SSSR count). The van der Waals surface area contributed by atoms with Crippen molar-refractivity contribution in [3.63, 3.8) is 0 Å². The normalized spacial score (nSPS) is 25.6. The fraction of sp³-hybridized carbons (Fsp3) is 0.571. The lowest BCUT2D eigenvalue weighted by atomic mass is 9.74. The predicted octanol–water partition coefficient (Wildman–Crippen LogP) is 1.67. The Hall–Kier alpha value is -1.58. The molecule has 98 valence electrons. The first kappa shape index (κ1) is 12.9. The first-order valence-electron chi connectivity index (χ1n) is 6.21. The van der Waals surface area contributed by atoms with Gasteiger partial charge in [-0.2, -0.15) is 0 Å². The Morgan fingerprint density at radius 2 is 1.78 bits per heavy atom. The molecule has 0 amide bonds. The third-order valence-electron chi connectivity index (χ3n) is 3.32. The Morgan fingerprint density at radius 1 is 1.17 bits per heavy atom. The molecule has 1 saturated heterocycles. The number of carbonyl (C=O) groups is 2.